The van der Waals surface area contributed by atoms with Crippen LogP contribution in [0.3, 0.4) is 0 Å². The molecule has 1 N–H and O–H groups in total. The quantitative estimate of drug-likeness (QED) is 0.768. The van der Waals surface area contributed by atoms with Crippen LogP contribution in [0.4, 0.5) is 8.78 Å². The summed E-state index contributed by atoms with van der Waals surface area (Å²) < 4.78 is 26.2. The summed E-state index contributed by atoms with van der Waals surface area (Å²) in [6, 6.07) is 4.63. The van der Waals surface area contributed by atoms with Crippen molar-refractivity contribution < 1.29 is 8.78 Å². The topological polar surface area (TPSA) is 12.0 Å². The van der Waals surface area contributed by atoms with Crippen LogP contribution in [-0.4, -0.2) is 6.04 Å². The Morgan fingerprint density at radius 3 is 2.25 bits per heavy atom. The Labute approximate surface area is 120 Å². The molecular formula is C17H25F2N. The number of benzene rings is 1. The maximum absolute atomic E-state index is 13.3. The summed E-state index contributed by atoms with van der Waals surface area (Å²) in [5.41, 5.74) is 0.810. The number of hydrogen-bond acceptors (Lipinski definition) is 1. The average Bonchev–Trinajstić information content (AvgIpc) is 2.70. The first-order valence-corrected chi connectivity index (χ1v) is 7.79. The van der Waals surface area contributed by atoms with Gasteiger partial charge in [0.15, 0.2) is 11.6 Å². The van der Waals surface area contributed by atoms with Crippen LogP contribution in [0.1, 0.15) is 64.0 Å². The molecule has 1 saturated carbocycles. The van der Waals surface area contributed by atoms with E-state index in [9.17, 15) is 8.78 Å². The minimum atomic E-state index is -0.780. The van der Waals surface area contributed by atoms with Crippen LogP contribution in [0.25, 0.3) is 0 Å². The third-order valence-corrected chi connectivity index (χ3v) is 4.56. The standard InChI is InChI=1S/C17H25F2N/c1-12(14-7-5-3-4-6-8-14)20-13(2)15-9-10-16(18)17(19)11-15/h9-14,20H,3-8H2,1-2H3/t12-,13?/m1/s1. The van der Waals surface area contributed by atoms with Gasteiger partial charge in [0, 0.05) is 12.1 Å². The maximum atomic E-state index is 13.3. The van der Waals surface area contributed by atoms with Crippen LogP contribution in [0.15, 0.2) is 18.2 Å². The van der Waals surface area contributed by atoms with Crippen molar-refractivity contribution in [1.29, 1.82) is 0 Å². The predicted molar refractivity (Wildman–Crippen MR) is 78.6 cm³/mol. The second-order valence-electron chi connectivity index (χ2n) is 6.10. The molecule has 2 rings (SSSR count). The van der Waals surface area contributed by atoms with Gasteiger partial charge in [-0.3, -0.25) is 0 Å². The van der Waals surface area contributed by atoms with Gasteiger partial charge in [0.05, 0.1) is 0 Å². The summed E-state index contributed by atoms with van der Waals surface area (Å²) in [5, 5.41) is 3.55. The third-order valence-electron chi connectivity index (χ3n) is 4.56. The Morgan fingerprint density at radius 2 is 1.65 bits per heavy atom. The average molecular weight is 281 g/mol. The molecule has 1 unspecified atom stereocenters. The van der Waals surface area contributed by atoms with Gasteiger partial charge in [-0.05, 0) is 50.3 Å². The van der Waals surface area contributed by atoms with E-state index in [0.29, 0.717) is 12.0 Å². The zero-order valence-corrected chi connectivity index (χ0v) is 12.5. The molecule has 1 aromatic rings. The molecule has 0 bridgehead atoms. The highest BCUT2D eigenvalue weighted by atomic mass is 19.2. The largest absolute Gasteiger partial charge is 0.307 e. The summed E-state index contributed by atoms with van der Waals surface area (Å²) in [6.07, 6.45) is 7.88. The van der Waals surface area contributed by atoms with Gasteiger partial charge >= 0.3 is 0 Å². The Kier molecular flexibility index (Phi) is 5.53. The van der Waals surface area contributed by atoms with E-state index in [1.54, 1.807) is 6.07 Å². The minimum absolute atomic E-state index is 0.0448. The summed E-state index contributed by atoms with van der Waals surface area (Å²) in [6.45, 7) is 4.23. The molecule has 0 amide bonds. The molecule has 0 aliphatic heterocycles. The van der Waals surface area contributed by atoms with Gasteiger partial charge in [0.2, 0.25) is 0 Å². The molecule has 1 aliphatic carbocycles. The third kappa shape index (κ3) is 4.02. The van der Waals surface area contributed by atoms with Crippen LogP contribution in [0.2, 0.25) is 0 Å². The molecule has 112 valence electrons. The van der Waals surface area contributed by atoms with Crippen LogP contribution < -0.4 is 5.32 Å². The summed E-state index contributed by atoms with van der Waals surface area (Å²) in [5.74, 6) is -0.846. The number of nitrogens with one attached hydrogen (secondary N) is 1. The Hall–Kier alpha value is -0.960. The minimum Gasteiger partial charge on any atom is -0.307 e. The van der Waals surface area contributed by atoms with E-state index in [1.165, 1.54) is 50.7 Å². The molecule has 0 spiro atoms. The SMILES string of the molecule is CC(N[C@H](C)C1CCCCCC1)c1ccc(F)c(F)c1. The van der Waals surface area contributed by atoms with Crippen molar-refractivity contribution in [1.82, 2.24) is 5.32 Å². The molecule has 1 fully saturated rings. The van der Waals surface area contributed by atoms with Crippen LogP contribution in [-0.2, 0) is 0 Å². The number of halogens is 2. The highest BCUT2D eigenvalue weighted by Gasteiger charge is 2.21. The van der Waals surface area contributed by atoms with Crippen LogP contribution in [0.5, 0.6) is 0 Å². The lowest BCUT2D eigenvalue weighted by atomic mass is 9.92. The number of rotatable bonds is 4. The second kappa shape index (κ2) is 7.16. The normalized spacial score (nSPS) is 20.4. The Balaban J connectivity index is 1.95. The molecule has 0 radical (unpaired) electrons. The van der Waals surface area contributed by atoms with Gasteiger partial charge in [-0.25, -0.2) is 8.78 Å². The number of hydrogen-bond donors (Lipinski definition) is 1. The molecule has 0 heterocycles. The Bertz CT molecular complexity index is 425. The van der Waals surface area contributed by atoms with E-state index in [0.717, 1.165) is 5.56 Å². The summed E-state index contributed by atoms with van der Waals surface area (Å²) >= 11 is 0. The summed E-state index contributed by atoms with van der Waals surface area (Å²) in [7, 11) is 0. The smallest absolute Gasteiger partial charge is 0.159 e. The Morgan fingerprint density at radius 1 is 1.00 bits per heavy atom. The molecule has 2 atom stereocenters. The van der Waals surface area contributed by atoms with Gasteiger partial charge in [-0.15, -0.1) is 0 Å². The van der Waals surface area contributed by atoms with Crippen molar-refractivity contribution in [2.75, 3.05) is 0 Å². The van der Waals surface area contributed by atoms with Gasteiger partial charge < -0.3 is 5.32 Å². The first-order chi connectivity index (χ1) is 9.58. The molecular weight excluding hydrogens is 256 g/mol. The van der Waals surface area contributed by atoms with E-state index < -0.39 is 11.6 Å². The van der Waals surface area contributed by atoms with Gasteiger partial charge in [0.25, 0.3) is 0 Å². The van der Waals surface area contributed by atoms with E-state index >= 15 is 0 Å². The summed E-state index contributed by atoms with van der Waals surface area (Å²) in [4.78, 5) is 0. The lowest BCUT2D eigenvalue weighted by Gasteiger charge is -2.27. The van der Waals surface area contributed by atoms with Crippen molar-refractivity contribution >= 4 is 0 Å². The zero-order valence-electron chi connectivity index (χ0n) is 12.5. The van der Waals surface area contributed by atoms with E-state index in [2.05, 4.69) is 12.2 Å². The monoisotopic (exact) mass is 281 g/mol. The lowest BCUT2D eigenvalue weighted by Crippen LogP contribution is -2.35. The van der Waals surface area contributed by atoms with Crippen molar-refractivity contribution in [3.05, 3.63) is 35.4 Å². The molecule has 0 aromatic heterocycles. The molecule has 1 aliphatic rings. The second-order valence-corrected chi connectivity index (χ2v) is 6.10. The fraction of sp³-hybridized carbons (Fsp3) is 0.647. The fourth-order valence-electron chi connectivity index (χ4n) is 3.22. The molecule has 20 heavy (non-hydrogen) atoms. The maximum Gasteiger partial charge on any atom is 0.159 e. The van der Waals surface area contributed by atoms with Crippen molar-refractivity contribution in [2.24, 2.45) is 5.92 Å². The predicted octanol–water partition coefficient (Wildman–Crippen LogP) is 4.97. The van der Waals surface area contributed by atoms with E-state index in [1.807, 2.05) is 6.92 Å². The van der Waals surface area contributed by atoms with Crippen molar-refractivity contribution in [3.8, 4) is 0 Å². The molecule has 3 heteroatoms. The van der Waals surface area contributed by atoms with E-state index in [-0.39, 0.29) is 6.04 Å². The first kappa shape index (κ1) is 15.4. The van der Waals surface area contributed by atoms with Crippen molar-refractivity contribution in [3.63, 3.8) is 0 Å². The fourth-order valence-corrected chi connectivity index (χ4v) is 3.22. The van der Waals surface area contributed by atoms with Crippen molar-refractivity contribution in [2.45, 2.75) is 64.5 Å². The molecule has 0 saturated heterocycles. The van der Waals surface area contributed by atoms with Crippen LogP contribution in [0, 0.1) is 17.6 Å². The van der Waals surface area contributed by atoms with Gasteiger partial charge in [-0.1, -0.05) is 31.7 Å². The highest BCUT2D eigenvalue weighted by molar-refractivity contribution is 5.20. The van der Waals surface area contributed by atoms with Gasteiger partial charge in [-0.2, -0.15) is 0 Å². The highest BCUT2D eigenvalue weighted by Crippen LogP contribution is 2.27. The lowest BCUT2D eigenvalue weighted by molar-refractivity contribution is 0.316. The first-order valence-electron chi connectivity index (χ1n) is 7.79. The van der Waals surface area contributed by atoms with E-state index in [4.69, 9.17) is 0 Å². The van der Waals surface area contributed by atoms with Gasteiger partial charge in [0.1, 0.15) is 0 Å². The molecule has 1 aromatic carbocycles. The molecule has 1 nitrogen and oxygen atoms in total. The zero-order chi connectivity index (χ0) is 14.5. The van der Waals surface area contributed by atoms with Crippen LogP contribution >= 0.6 is 0 Å².